The summed E-state index contributed by atoms with van der Waals surface area (Å²) >= 11 is 2.89. The van der Waals surface area contributed by atoms with E-state index in [4.69, 9.17) is 0 Å². The fourth-order valence-corrected chi connectivity index (χ4v) is 8.29. The molecular formula is C28H27N3O3S2. The average Bonchev–Trinajstić information content (AvgIpc) is 3.58. The standard InChI is InChI=1S/C28H27N3O3S2/c1-13-9-14(2)24(15(3)10-13)30-25(32)16(4)35-28-29-20-8-7-19(12-21(20)36-28)31-26(33)22-17-5-6-18(11-17)23(22)27(31)34/h5-10,12,16-18,22-23H,11H2,1-4H3,(H,30,32)/t16-,17-,18-,22-,23+/m0/s1. The molecule has 0 spiro atoms. The maximum Gasteiger partial charge on any atom is 0.238 e. The number of nitrogens with one attached hydrogen (secondary N) is 1. The van der Waals surface area contributed by atoms with Crippen LogP contribution in [0.3, 0.4) is 0 Å². The van der Waals surface area contributed by atoms with Crippen molar-refractivity contribution in [3.8, 4) is 0 Å². The van der Waals surface area contributed by atoms with Gasteiger partial charge in [0.1, 0.15) is 0 Å². The summed E-state index contributed by atoms with van der Waals surface area (Å²) in [4.78, 5) is 45.4. The first kappa shape index (κ1) is 23.4. The number of amides is 3. The van der Waals surface area contributed by atoms with Crippen molar-refractivity contribution in [2.75, 3.05) is 10.2 Å². The summed E-state index contributed by atoms with van der Waals surface area (Å²) in [6.07, 6.45) is 5.13. The molecule has 6 nitrogen and oxygen atoms in total. The van der Waals surface area contributed by atoms with Crippen LogP contribution in [-0.4, -0.2) is 28.0 Å². The van der Waals surface area contributed by atoms with Crippen molar-refractivity contribution in [2.45, 2.75) is 43.7 Å². The molecule has 0 unspecified atom stereocenters. The van der Waals surface area contributed by atoms with E-state index in [1.165, 1.54) is 33.6 Å². The van der Waals surface area contributed by atoms with Crippen LogP contribution in [-0.2, 0) is 14.4 Å². The van der Waals surface area contributed by atoms with Crippen molar-refractivity contribution < 1.29 is 14.4 Å². The molecule has 2 aromatic carbocycles. The van der Waals surface area contributed by atoms with Gasteiger partial charge in [-0.05, 0) is 75.3 Å². The molecule has 1 aliphatic heterocycles. The maximum absolute atomic E-state index is 13.2. The predicted molar refractivity (Wildman–Crippen MR) is 144 cm³/mol. The third kappa shape index (κ3) is 3.69. The SMILES string of the molecule is Cc1cc(C)c(NC(=O)[C@H](C)Sc2nc3ccc(N4C(=O)[C@@H]5[C@H](C4=O)[C@H]4C=C[C@H]5C4)cc3s2)c(C)c1. The van der Waals surface area contributed by atoms with Gasteiger partial charge in [-0.1, -0.05) is 41.6 Å². The minimum absolute atomic E-state index is 0.0713. The van der Waals surface area contributed by atoms with Gasteiger partial charge in [0, 0.05) is 5.69 Å². The average molecular weight is 518 g/mol. The minimum Gasteiger partial charge on any atom is -0.325 e. The lowest BCUT2D eigenvalue weighted by atomic mass is 9.85. The van der Waals surface area contributed by atoms with E-state index in [2.05, 4.69) is 34.6 Å². The molecule has 2 aliphatic carbocycles. The van der Waals surface area contributed by atoms with Crippen LogP contribution in [0.15, 0.2) is 46.8 Å². The molecule has 2 bridgehead atoms. The van der Waals surface area contributed by atoms with Gasteiger partial charge in [-0.25, -0.2) is 9.88 Å². The number of carbonyl (C=O) groups is 3. The Morgan fingerprint density at radius 3 is 2.33 bits per heavy atom. The maximum atomic E-state index is 13.2. The topological polar surface area (TPSA) is 79.4 Å². The second-order valence-electron chi connectivity index (χ2n) is 10.2. The third-order valence-electron chi connectivity index (χ3n) is 7.65. The number of carbonyl (C=O) groups excluding carboxylic acids is 3. The number of rotatable bonds is 5. The number of thioether (sulfide) groups is 1. The van der Waals surface area contributed by atoms with E-state index in [-0.39, 0.29) is 46.6 Å². The van der Waals surface area contributed by atoms with Crippen LogP contribution in [0.2, 0.25) is 0 Å². The third-order valence-corrected chi connectivity index (χ3v) is 9.87. The molecule has 3 aromatic rings. The van der Waals surface area contributed by atoms with Crippen LogP contribution >= 0.6 is 23.1 Å². The highest BCUT2D eigenvalue weighted by atomic mass is 32.2. The lowest BCUT2D eigenvalue weighted by Gasteiger charge is -2.17. The molecule has 3 amide bonds. The quantitative estimate of drug-likeness (QED) is 0.269. The molecule has 3 aliphatic rings. The molecule has 184 valence electrons. The molecule has 5 atom stereocenters. The highest BCUT2D eigenvalue weighted by Gasteiger charge is 2.59. The van der Waals surface area contributed by atoms with Gasteiger partial charge in [0.05, 0.1) is 33.0 Å². The molecule has 0 radical (unpaired) electrons. The zero-order chi connectivity index (χ0) is 25.3. The van der Waals surface area contributed by atoms with Crippen LogP contribution in [0.4, 0.5) is 11.4 Å². The summed E-state index contributed by atoms with van der Waals surface area (Å²) in [5, 5.41) is 2.74. The molecule has 1 aromatic heterocycles. The van der Waals surface area contributed by atoms with Gasteiger partial charge in [-0.3, -0.25) is 14.4 Å². The predicted octanol–water partition coefficient (Wildman–Crippen LogP) is 5.65. The van der Waals surface area contributed by atoms with E-state index < -0.39 is 0 Å². The first-order valence-electron chi connectivity index (χ1n) is 12.2. The molecule has 1 saturated carbocycles. The molecular weight excluding hydrogens is 490 g/mol. The van der Waals surface area contributed by atoms with Gasteiger partial charge >= 0.3 is 0 Å². The number of imide groups is 1. The lowest BCUT2D eigenvalue weighted by Crippen LogP contribution is -2.32. The monoisotopic (exact) mass is 517 g/mol. The van der Waals surface area contributed by atoms with E-state index >= 15 is 0 Å². The zero-order valence-corrected chi connectivity index (χ0v) is 22.2. The zero-order valence-electron chi connectivity index (χ0n) is 20.6. The van der Waals surface area contributed by atoms with Crippen molar-refractivity contribution in [1.82, 2.24) is 4.98 Å². The Balaban J connectivity index is 1.19. The number of allylic oxidation sites excluding steroid dienone is 2. The van der Waals surface area contributed by atoms with E-state index in [0.29, 0.717) is 5.69 Å². The van der Waals surface area contributed by atoms with Crippen molar-refractivity contribution in [1.29, 1.82) is 0 Å². The van der Waals surface area contributed by atoms with Crippen LogP contribution < -0.4 is 10.2 Å². The fraction of sp³-hybridized carbons (Fsp3) is 0.357. The van der Waals surface area contributed by atoms with E-state index in [1.807, 2.05) is 45.9 Å². The molecule has 1 saturated heterocycles. The van der Waals surface area contributed by atoms with Crippen LogP contribution in [0.1, 0.15) is 30.0 Å². The Hall–Kier alpha value is -2.97. The smallest absolute Gasteiger partial charge is 0.238 e. The van der Waals surface area contributed by atoms with Crippen molar-refractivity contribution >= 4 is 62.4 Å². The van der Waals surface area contributed by atoms with Gasteiger partial charge in [0.2, 0.25) is 17.7 Å². The van der Waals surface area contributed by atoms with Crippen molar-refractivity contribution in [3.05, 3.63) is 59.2 Å². The summed E-state index contributed by atoms with van der Waals surface area (Å²) in [6.45, 7) is 7.93. The van der Waals surface area contributed by atoms with Crippen molar-refractivity contribution in [2.24, 2.45) is 23.7 Å². The first-order valence-corrected chi connectivity index (χ1v) is 13.9. The van der Waals surface area contributed by atoms with E-state index in [9.17, 15) is 14.4 Å². The van der Waals surface area contributed by atoms with Gasteiger partial charge in [0.25, 0.3) is 0 Å². The summed E-state index contributed by atoms with van der Waals surface area (Å²) in [5.74, 6) is -0.266. The number of benzene rings is 2. The van der Waals surface area contributed by atoms with Crippen LogP contribution in [0.5, 0.6) is 0 Å². The normalized spacial score (nSPS) is 25.2. The Morgan fingerprint density at radius 2 is 1.69 bits per heavy atom. The van der Waals surface area contributed by atoms with Gasteiger partial charge in [-0.2, -0.15) is 0 Å². The number of thiazole rings is 1. The number of nitrogens with zero attached hydrogens (tertiary/aromatic N) is 2. The Labute approximate surface area is 218 Å². The Morgan fingerprint density at radius 1 is 1.06 bits per heavy atom. The number of aromatic nitrogens is 1. The summed E-state index contributed by atoms with van der Waals surface area (Å²) in [7, 11) is 0. The number of hydrogen-bond acceptors (Lipinski definition) is 6. The molecule has 1 N–H and O–H groups in total. The molecule has 6 rings (SSSR count). The van der Waals surface area contributed by atoms with Gasteiger partial charge in [0.15, 0.2) is 4.34 Å². The summed E-state index contributed by atoms with van der Waals surface area (Å²) < 4.78 is 1.67. The van der Waals surface area contributed by atoms with Gasteiger partial charge in [-0.15, -0.1) is 11.3 Å². The summed E-state index contributed by atoms with van der Waals surface area (Å²) in [5.41, 5.74) is 5.53. The Bertz CT molecular complexity index is 1420. The van der Waals surface area contributed by atoms with Crippen molar-refractivity contribution in [3.63, 3.8) is 0 Å². The second-order valence-corrected chi connectivity index (χ2v) is 12.8. The second kappa shape index (κ2) is 8.56. The van der Waals surface area contributed by atoms with Crippen LogP contribution in [0.25, 0.3) is 10.2 Å². The van der Waals surface area contributed by atoms with Crippen LogP contribution in [0, 0.1) is 44.4 Å². The molecule has 2 fully saturated rings. The van der Waals surface area contributed by atoms with E-state index in [0.717, 1.165) is 37.8 Å². The minimum atomic E-state index is -0.339. The lowest BCUT2D eigenvalue weighted by molar-refractivity contribution is -0.123. The molecule has 8 heteroatoms. The first-order chi connectivity index (χ1) is 17.2. The number of fused-ring (bicyclic) bond motifs is 6. The van der Waals surface area contributed by atoms with Gasteiger partial charge < -0.3 is 5.32 Å². The highest BCUT2D eigenvalue weighted by molar-refractivity contribution is 8.02. The summed E-state index contributed by atoms with van der Waals surface area (Å²) in [6, 6.07) is 9.68. The number of anilines is 2. The van der Waals surface area contributed by atoms with E-state index in [1.54, 1.807) is 0 Å². The fourth-order valence-electron chi connectivity index (χ4n) is 6.05. The number of hydrogen-bond donors (Lipinski definition) is 1. The highest BCUT2D eigenvalue weighted by Crippen LogP contribution is 2.53. The molecule has 36 heavy (non-hydrogen) atoms. The molecule has 2 heterocycles. The largest absolute Gasteiger partial charge is 0.325 e. The Kier molecular flexibility index (Phi) is 5.57. The number of aryl methyl sites for hydroxylation is 3.